The van der Waals surface area contributed by atoms with E-state index in [4.69, 9.17) is 58.0 Å². The zero-order chi connectivity index (χ0) is 14.6. The highest BCUT2D eigenvalue weighted by Crippen LogP contribution is 2.29. The zero-order valence-electron chi connectivity index (χ0n) is 10.1. The minimum atomic E-state index is -1.61. The molecule has 1 aromatic heterocycles. The van der Waals surface area contributed by atoms with Crippen molar-refractivity contribution in [3.05, 3.63) is 28.5 Å². The molecule has 0 aromatic carbocycles. The summed E-state index contributed by atoms with van der Waals surface area (Å²) >= 11 is 28.6. The van der Waals surface area contributed by atoms with Crippen LogP contribution in [-0.2, 0) is 10.7 Å². The van der Waals surface area contributed by atoms with Gasteiger partial charge in [0.05, 0.1) is 5.69 Å². The highest BCUT2D eigenvalue weighted by molar-refractivity contribution is 9.08. The van der Waals surface area contributed by atoms with E-state index in [0.717, 1.165) is 11.0 Å². The summed E-state index contributed by atoms with van der Waals surface area (Å²) in [5.41, 5.74) is 2.34. The van der Waals surface area contributed by atoms with Crippen LogP contribution < -0.4 is 0 Å². The second kappa shape index (κ2) is 7.75. The molecule has 0 N–H and O–H groups in total. The maximum absolute atomic E-state index is 5.90. The number of hydrogen-bond acceptors (Lipinski definition) is 1. The Morgan fingerprint density at radius 2 is 1.56 bits per heavy atom. The van der Waals surface area contributed by atoms with Crippen LogP contribution in [-0.4, -0.2) is 8.24 Å². The Kier molecular flexibility index (Phi) is 8.22. The van der Waals surface area contributed by atoms with Gasteiger partial charge in [-0.25, -0.2) is 4.98 Å². The Balaban J connectivity index is 0.000000494. The topological polar surface area (TPSA) is 12.9 Å². The third-order valence-corrected chi connectivity index (χ3v) is 2.62. The van der Waals surface area contributed by atoms with Crippen molar-refractivity contribution in [1.29, 1.82) is 0 Å². The summed E-state index contributed by atoms with van der Waals surface area (Å²) in [6.45, 7) is 6.49. The Morgan fingerprint density at radius 1 is 1.11 bits per heavy atom. The van der Waals surface area contributed by atoms with E-state index in [1.165, 1.54) is 5.56 Å². The van der Waals surface area contributed by atoms with Crippen LogP contribution in [0.5, 0.6) is 0 Å². The molecule has 0 amide bonds. The summed E-state index contributed by atoms with van der Waals surface area (Å²) in [7, 11) is 0. The smallest absolute Gasteiger partial charge is 0.240 e. The summed E-state index contributed by atoms with van der Waals surface area (Å²) in [5, 5.41) is 1.32. The molecule has 1 aromatic rings. The number of pyridine rings is 1. The van der Waals surface area contributed by atoms with E-state index in [-0.39, 0.29) is 5.41 Å². The molecule has 0 saturated carbocycles. The second-order valence-electron chi connectivity index (χ2n) is 4.48. The first kappa shape index (κ1) is 19.1. The van der Waals surface area contributed by atoms with Gasteiger partial charge < -0.3 is 0 Å². The molecule has 0 fully saturated rings. The SMILES string of the molecule is CC(C)(C)c1cc(Cl)nc(CBr)c1.ClC(Cl)(Cl)Cl. The Labute approximate surface area is 141 Å². The van der Waals surface area contributed by atoms with Crippen molar-refractivity contribution in [2.24, 2.45) is 0 Å². The average molecular weight is 416 g/mol. The van der Waals surface area contributed by atoms with Crippen molar-refractivity contribution in [2.45, 2.75) is 34.8 Å². The van der Waals surface area contributed by atoms with Crippen molar-refractivity contribution in [3.8, 4) is 0 Å². The van der Waals surface area contributed by atoms with E-state index in [9.17, 15) is 0 Å². The molecule has 0 unspecified atom stereocenters. The van der Waals surface area contributed by atoms with Crippen molar-refractivity contribution in [1.82, 2.24) is 4.98 Å². The lowest BCUT2D eigenvalue weighted by molar-refractivity contribution is 0.588. The molecule has 1 rings (SSSR count). The number of hydrogen-bond donors (Lipinski definition) is 0. The van der Waals surface area contributed by atoms with Crippen molar-refractivity contribution >= 4 is 73.9 Å². The van der Waals surface area contributed by atoms with Crippen LogP contribution in [0.15, 0.2) is 12.1 Å². The highest BCUT2D eigenvalue weighted by Gasteiger charge is 2.15. The largest absolute Gasteiger partial charge is 0.266 e. The monoisotopic (exact) mass is 413 g/mol. The number of nitrogens with zero attached hydrogens (tertiary/aromatic N) is 1. The normalized spacial score (nSPS) is 11.8. The summed E-state index contributed by atoms with van der Waals surface area (Å²) in [6.07, 6.45) is 0. The van der Waals surface area contributed by atoms with Crippen LogP contribution >= 0.6 is 73.9 Å². The fourth-order valence-electron chi connectivity index (χ4n) is 1.05. The Morgan fingerprint density at radius 3 is 1.89 bits per heavy atom. The molecule has 0 bridgehead atoms. The summed E-state index contributed by atoms with van der Waals surface area (Å²) < 4.78 is -1.61. The van der Waals surface area contributed by atoms with Gasteiger partial charge in [0, 0.05) is 5.33 Å². The number of halogens is 6. The summed E-state index contributed by atoms with van der Waals surface area (Å²) in [5.74, 6) is 0. The standard InChI is InChI=1S/C10H13BrClN.CCl4/c1-10(2,3)7-4-8(6-11)13-9(12)5-7;2-1(3,4)5/h4-5H,6H2,1-3H3;. The summed E-state index contributed by atoms with van der Waals surface area (Å²) in [6, 6.07) is 4.01. The van der Waals surface area contributed by atoms with Crippen LogP contribution in [0.1, 0.15) is 32.0 Å². The predicted octanol–water partition coefficient (Wildman–Crippen LogP) is 6.48. The summed E-state index contributed by atoms with van der Waals surface area (Å²) in [4.78, 5) is 4.18. The van der Waals surface area contributed by atoms with Gasteiger partial charge in [-0.05, 0) is 23.1 Å². The molecular formula is C11H13BrCl5N. The Bertz CT molecular complexity index is 378. The molecule has 7 heteroatoms. The van der Waals surface area contributed by atoms with Gasteiger partial charge in [0.15, 0.2) is 0 Å². The average Bonchev–Trinajstić information content (AvgIpc) is 2.12. The van der Waals surface area contributed by atoms with Crippen LogP contribution in [0.2, 0.25) is 5.15 Å². The number of alkyl halides is 5. The molecule has 1 heterocycles. The first-order valence-corrected chi connectivity index (χ1v) is 7.93. The van der Waals surface area contributed by atoms with Gasteiger partial charge in [-0.2, -0.15) is 0 Å². The Hall–Kier alpha value is 1.08. The molecule has 18 heavy (non-hydrogen) atoms. The van der Waals surface area contributed by atoms with E-state index >= 15 is 0 Å². The minimum Gasteiger partial charge on any atom is -0.240 e. The quantitative estimate of drug-likeness (QED) is 0.377. The molecule has 0 aliphatic carbocycles. The van der Waals surface area contributed by atoms with Gasteiger partial charge >= 0.3 is 0 Å². The first-order chi connectivity index (χ1) is 7.93. The van der Waals surface area contributed by atoms with E-state index in [0.29, 0.717) is 5.15 Å². The molecule has 104 valence electrons. The minimum absolute atomic E-state index is 0.128. The lowest BCUT2D eigenvalue weighted by Crippen LogP contribution is -2.11. The van der Waals surface area contributed by atoms with E-state index in [1.54, 1.807) is 0 Å². The third kappa shape index (κ3) is 9.94. The van der Waals surface area contributed by atoms with Crippen LogP contribution in [0.3, 0.4) is 0 Å². The van der Waals surface area contributed by atoms with E-state index in [2.05, 4.69) is 47.8 Å². The molecule has 0 radical (unpaired) electrons. The maximum atomic E-state index is 5.90. The van der Waals surface area contributed by atoms with Crippen molar-refractivity contribution < 1.29 is 0 Å². The first-order valence-electron chi connectivity index (χ1n) is 4.92. The van der Waals surface area contributed by atoms with Crippen LogP contribution in [0.25, 0.3) is 0 Å². The van der Waals surface area contributed by atoms with Gasteiger partial charge in [-0.1, -0.05) is 94.7 Å². The van der Waals surface area contributed by atoms with Crippen LogP contribution in [0.4, 0.5) is 0 Å². The van der Waals surface area contributed by atoms with Gasteiger partial charge in [-0.15, -0.1) is 0 Å². The fourth-order valence-corrected chi connectivity index (χ4v) is 1.57. The van der Waals surface area contributed by atoms with Gasteiger partial charge in [-0.3, -0.25) is 0 Å². The van der Waals surface area contributed by atoms with Crippen LogP contribution in [0, 0.1) is 0 Å². The molecule has 0 aliphatic heterocycles. The third-order valence-electron chi connectivity index (χ3n) is 1.85. The maximum Gasteiger partial charge on any atom is 0.266 e. The molecular weight excluding hydrogens is 403 g/mol. The van der Waals surface area contributed by atoms with Crippen molar-refractivity contribution in [2.75, 3.05) is 0 Å². The molecule has 0 atom stereocenters. The lowest BCUT2D eigenvalue weighted by Gasteiger charge is -2.19. The highest BCUT2D eigenvalue weighted by atomic mass is 79.9. The van der Waals surface area contributed by atoms with E-state index < -0.39 is 3.25 Å². The predicted molar refractivity (Wildman–Crippen MR) is 86.7 cm³/mol. The molecule has 0 aliphatic rings. The zero-order valence-corrected chi connectivity index (χ0v) is 15.4. The van der Waals surface area contributed by atoms with E-state index in [1.807, 2.05) is 6.07 Å². The van der Waals surface area contributed by atoms with Gasteiger partial charge in [0.25, 0.3) is 3.25 Å². The molecule has 1 nitrogen and oxygen atoms in total. The fraction of sp³-hybridized carbons (Fsp3) is 0.545. The van der Waals surface area contributed by atoms with Crippen molar-refractivity contribution in [3.63, 3.8) is 0 Å². The molecule has 0 saturated heterocycles. The second-order valence-corrected chi connectivity index (χ2v) is 8.86. The van der Waals surface area contributed by atoms with Gasteiger partial charge in [0.1, 0.15) is 5.15 Å². The molecule has 0 spiro atoms. The number of aromatic nitrogens is 1. The number of rotatable bonds is 1. The lowest BCUT2D eigenvalue weighted by atomic mass is 9.87. The van der Waals surface area contributed by atoms with Gasteiger partial charge in [0.2, 0.25) is 0 Å².